The molecule has 0 rings (SSSR count). The van der Waals surface area contributed by atoms with E-state index in [4.69, 9.17) is 3.90 Å². The molecule has 0 aliphatic heterocycles. The third kappa shape index (κ3) is 59.8. The quantitative estimate of drug-likeness (QED) is 0.507. The van der Waals surface area contributed by atoms with Crippen molar-refractivity contribution in [2.24, 2.45) is 0 Å². The SMILES string of the molecule is [Cr+3].[Fe+2].[O-2].[O-2].[O]=[Ni]. The van der Waals surface area contributed by atoms with Gasteiger partial charge in [0.15, 0.2) is 0 Å². The summed E-state index contributed by atoms with van der Waals surface area (Å²) in [5, 5.41) is 0. The molecule has 0 bridgehead atoms. The average molecular weight is 215 g/mol. The Bertz CT molecular complexity index is 10.8. The summed E-state index contributed by atoms with van der Waals surface area (Å²) in [7, 11) is 0. The van der Waals surface area contributed by atoms with Crippen LogP contribution in [0.2, 0.25) is 0 Å². The van der Waals surface area contributed by atoms with Crippen molar-refractivity contribution in [2.75, 3.05) is 0 Å². The summed E-state index contributed by atoms with van der Waals surface area (Å²) in [6.45, 7) is 0. The van der Waals surface area contributed by atoms with Crippen LogP contribution in [0.25, 0.3) is 0 Å². The molecule has 6 heteroatoms. The van der Waals surface area contributed by atoms with E-state index in [0.29, 0.717) is 0 Å². The van der Waals surface area contributed by atoms with Crippen molar-refractivity contribution in [1.29, 1.82) is 0 Å². The van der Waals surface area contributed by atoms with Crippen LogP contribution < -0.4 is 0 Å². The van der Waals surface area contributed by atoms with E-state index >= 15 is 0 Å². The summed E-state index contributed by atoms with van der Waals surface area (Å²) in [5.41, 5.74) is 0. The summed E-state index contributed by atoms with van der Waals surface area (Å²) in [6, 6.07) is 0. The molecule has 1 radical (unpaired) electrons. The van der Waals surface area contributed by atoms with Crippen LogP contribution in [0.4, 0.5) is 0 Å². The molecule has 0 aromatic rings. The normalized spacial score (nSPS) is 1.00. The van der Waals surface area contributed by atoms with Gasteiger partial charge in [-0.1, -0.05) is 0 Å². The van der Waals surface area contributed by atoms with Gasteiger partial charge in [0.25, 0.3) is 0 Å². The van der Waals surface area contributed by atoms with E-state index in [0.717, 1.165) is 0 Å². The second-order valence-electron chi connectivity index (χ2n) is 0. The van der Waals surface area contributed by atoms with Gasteiger partial charge in [-0.15, -0.1) is 0 Å². The van der Waals surface area contributed by atoms with Gasteiger partial charge in [0.05, 0.1) is 0 Å². The molecule has 6 heavy (non-hydrogen) atoms. The molecular formula is CrFeNiO3+. The van der Waals surface area contributed by atoms with Crippen molar-refractivity contribution in [3.63, 3.8) is 0 Å². The van der Waals surface area contributed by atoms with E-state index in [1.807, 2.05) is 0 Å². The first-order valence-electron chi connectivity index (χ1n) is 0.129. The molecule has 0 aliphatic carbocycles. The molecule has 0 heterocycles. The first-order valence-corrected chi connectivity index (χ1v) is 0.532. The number of rotatable bonds is 0. The van der Waals surface area contributed by atoms with Gasteiger partial charge in [-0.05, 0) is 0 Å². The van der Waals surface area contributed by atoms with Crippen molar-refractivity contribution in [1.82, 2.24) is 0 Å². The van der Waals surface area contributed by atoms with Crippen molar-refractivity contribution >= 4 is 0 Å². The molecule has 0 N–H and O–H groups in total. The van der Waals surface area contributed by atoms with Gasteiger partial charge in [0, 0.05) is 0 Å². The van der Waals surface area contributed by atoms with E-state index in [1.54, 1.807) is 0 Å². The van der Waals surface area contributed by atoms with Crippen LogP contribution in [0.5, 0.6) is 0 Å². The predicted molar refractivity (Wildman–Crippen MR) is 2.06 cm³/mol. The van der Waals surface area contributed by atoms with Crippen molar-refractivity contribution in [3.8, 4) is 0 Å². The number of hydrogen-bond acceptors (Lipinski definition) is 1. The zero-order valence-corrected chi connectivity index (χ0v) is 5.67. The summed E-state index contributed by atoms with van der Waals surface area (Å²) in [4.78, 5) is 0. The van der Waals surface area contributed by atoms with E-state index in [-0.39, 0.29) is 45.4 Å². The maximum atomic E-state index is 7.88. The van der Waals surface area contributed by atoms with Crippen LogP contribution in [0.15, 0.2) is 0 Å². The Hall–Kier alpha value is 1.27. The maximum absolute atomic E-state index is 7.88. The second kappa shape index (κ2) is 108. The summed E-state index contributed by atoms with van der Waals surface area (Å²) >= 11 is 2.62. The van der Waals surface area contributed by atoms with Gasteiger partial charge < -0.3 is 11.0 Å². The molecule has 0 spiro atoms. The Kier molecular flexibility index (Phi) is 1000. The Morgan fingerprint density at radius 3 is 1.00 bits per heavy atom. The summed E-state index contributed by atoms with van der Waals surface area (Å²) in [5.74, 6) is 0. The third-order valence-corrected chi connectivity index (χ3v) is 0. The molecular weight excluding hydrogens is 215 g/mol. The first kappa shape index (κ1) is 55.6. The topological polar surface area (TPSA) is 74.1 Å². The molecule has 0 aromatic carbocycles. The van der Waals surface area contributed by atoms with Crippen LogP contribution in [-0.2, 0) is 64.7 Å². The number of hydrogen-bond donors (Lipinski definition) is 0. The third-order valence-electron chi connectivity index (χ3n) is 0. The van der Waals surface area contributed by atoms with Crippen molar-refractivity contribution in [2.45, 2.75) is 0 Å². The van der Waals surface area contributed by atoms with E-state index in [9.17, 15) is 0 Å². The standard InChI is InChI=1S/Cr.Fe.Ni.3O/q+3;+2;;;2*-2. The van der Waals surface area contributed by atoms with Crippen LogP contribution in [0.1, 0.15) is 0 Å². The molecule has 0 fully saturated rings. The molecule has 0 atom stereocenters. The fourth-order valence-electron chi connectivity index (χ4n) is 0. The monoisotopic (exact) mass is 214 g/mol. The van der Waals surface area contributed by atoms with Gasteiger partial charge in [-0.25, -0.2) is 0 Å². The van der Waals surface area contributed by atoms with Crippen LogP contribution >= 0.6 is 0 Å². The fourth-order valence-corrected chi connectivity index (χ4v) is 0. The van der Waals surface area contributed by atoms with E-state index < -0.39 is 0 Å². The van der Waals surface area contributed by atoms with E-state index in [2.05, 4.69) is 15.4 Å². The Labute approximate surface area is 64.6 Å². The van der Waals surface area contributed by atoms with Crippen LogP contribution in [-0.4, -0.2) is 0 Å². The van der Waals surface area contributed by atoms with Crippen LogP contribution in [0.3, 0.4) is 0 Å². The predicted octanol–water partition coefficient (Wildman–Crippen LogP) is -0.364. The minimum atomic E-state index is 0. The zero-order chi connectivity index (χ0) is 2.00. The fraction of sp³-hybridized carbons (Fsp3) is 0. The van der Waals surface area contributed by atoms with Gasteiger partial charge >= 0.3 is 53.7 Å². The molecule has 41 valence electrons. The van der Waals surface area contributed by atoms with Crippen molar-refractivity contribution in [3.05, 3.63) is 0 Å². The molecule has 0 amide bonds. The Morgan fingerprint density at radius 1 is 1.00 bits per heavy atom. The molecule has 0 aromatic heterocycles. The van der Waals surface area contributed by atoms with Gasteiger partial charge in [0.1, 0.15) is 0 Å². The molecule has 3 nitrogen and oxygen atoms in total. The molecule has 0 aliphatic rings. The van der Waals surface area contributed by atoms with Gasteiger partial charge in [-0.3, -0.25) is 0 Å². The molecule has 0 saturated heterocycles. The average Bonchev–Trinajstić information content (AvgIpc) is 1.00. The summed E-state index contributed by atoms with van der Waals surface area (Å²) in [6.07, 6.45) is 0. The van der Waals surface area contributed by atoms with Gasteiger partial charge in [-0.2, -0.15) is 0 Å². The Morgan fingerprint density at radius 2 is 1.00 bits per heavy atom. The van der Waals surface area contributed by atoms with Gasteiger partial charge in [0.2, 0.25) is 0 Å². The van der Waals surface area contributed by atoms with Crippen LogP contribution in [0, 0.1) is 0 Å². The Balaban J connectivity index is -0.000000000833. The summed E-state index contributed by atoms with van der Waals surface area (Å²) < 4.78 is 7.88. The first-order chi connectivity index (χ1) is 1.00. The second-order valence-corrected chi connectivity index (χ2v) is 0. The van der Waals surface area contributed by atoms with Crippen molar-refractivity contribution < 1.29 is 64.7 Å². The minimum absolute atomic E-state index is 0. The van der Waals surface area contributed by atoms with E-state index in [1.165, 1.54) is 0 Å². The zero-order valence-electron chi connectivity index (χ0n) is 2.30. The molecule has 0 saturated carbocycles. The molecule has 0 unspecified atom stereocenters.